The van der Waals surface area contributed by atoms with E-state index in [-0.39, 0.29) is 12.5 Å². The van der Waals surface area contributed by atoms with Gasteiger partial charge in [-0.25, -0.2) is 4.68 Å². The highest BCUT2D eigenvalue weighted by molar-refractivity contribution is 7.15. The maximum atomic E-state index is 12.6. The van der Waals surface area contributed by atoms with Crippen LogP contribution in [0, 0.1) is 0 Å². The number of rotatable bonds is 7. The van der Waals surface area contributed by atoms with Gasteiger partial charge in [-0.1, -0.05) is 46.9 Å². The van der Waals surface area contributed by atoms with Crippen LogP contribution in [0.4, 0.5) is 5.13 Å². The Morgan fingerprint density at radius 2 is 1.86 bits per heavy atom. The fraction of sp³-hybridized carbons (Fsp3) is 0.211. The second kappa shape index (κ2) is 8.13. The van der Waals surface area contributed by atoms with Crippen molar-refractivity contribution in [1.82, 2.24) is 25.2 Å². The molecule has 0 N–H and O–H groups in total. The highest BCUT2D eigenvalue weighted by atomic mass is 32.1. The lowest BCUT2D eigenvalue weighted by atomic mass is 10.3. The summed E-state index contributed by atoms with van der Waals surface area (Å²) in [6.07, 6.45) is 0. The van der Waals surface area contributed by atoms with Gasteiger partial charge in [0, 0.05) is 6.54 Å². The van der Waals surface area contributed by atoms with Crippen LogP contribution in [0.2, 0.25) is 0 Å². The third-order valence-electron chi connectivity index (χ3n) is 4.12. The first-order chi connectivity index (χ1) is 13.7. The molecule has 0 fully saturated rings. The van der Waals surface area contributed by atoms with Gasteiger partial charge in [-0.2, -0.15) is 0 Å². The van der Waals surface area contributed by atoms with E-state index in [4.69, 9.17) is 4.74 Å². The molecule has 0 spiro atoms. The van der Waals surface area contributed by atoms with E-state index in [9.17, 15) is 4.79 Å². The molecule has 0 saturated carbocycles. The maximum absolute atomic E-state index is 12.6. The van der Waals surface area contributed by atoms with Crippen LogP contribution in [-0.2, 0) is 11.3 Å². The number of benzene rings is 2. The van der Waals surface area contributed by atoms with Crippen LogP contribution >= 0.6 is 11.3 Å². The highest BCUT2D eigenvalue weighted by Crippen LogP contribution is 2.22. The Kier molecular flexibility index (Phi) is 5.24. The van der Waals surface area contributed by atoms with Crippen LogP contribution in [-0.4, -0.2) is 44.3 Å². The Labute approximate surface area is 165 Å². The van der Waals surface area contributed by atoms with Crippen molar-refractivity contribution in [2.75, 3.05) is 18.1 Å². The first-order valence-electron chi connectivity index (χ1n) is 8.83. The predicted octanol–water partition coefficient (Wildman–Crippen LogP) is 2.76. The molecular formula is C19H18N6O2S. The molecule has 4 aromatic rings. The number of aromatic nitrogens is 5. The molecule has 142 valence electrons. The van der Waals surface area contributed by atoms with Gasteiger partial charge in [0.15, 0.2) is 6.61 Å². The number of anilines is 1. The topological polar surface area (TPSA) is 86.0 Å². The predicted molar refractivity (Wildman–Crippen MR) is 107 cm³/mol. The third kappa shape index (κ3) is 3.84. The van der Waals surface area contributed by atoms with E-state index in [0.29, 0.717) is 24.0 Å². The molecule has 0 aliphatic heterocycles. The summed E-state index contributed by atoms with van der Waals surface area (Å²) < 4.78 is 7.33. The zero-order valence-electron chi connectivity index (χ0n) is 15.2. The lowest BCUT2D eigenvalue weighted by molar-refractivity contribution is -0.120. The number of ether oxygens (including phenoxy) is 1. The lowest BCUT2D eigenvalue weighted by Gasteiger charge is -2.17. The molecule has 0 atom stereocenters. The van der Waals surface area contributed by atoms with Gasteiger partial charge in [-0.3, -0.25) is 9.69 Å². The first kappa shape index (κ1) is 18.1. The van der Waals surface area contributed by atoms with Crippen molar-refractivity contribution < 1.29 is 9.53 Å². The normalized spacial score (nSPS) is 10.9. The van der Waals surface area contributed by atoms with Gasteiger partial charge in [0.05, 0.1) is 12.1 Å². The van der Waals surface area contributed by atoms with Gasteiger partial charge >= 0.3 is 0 Å². The molecule has 0 unspecified atom stereocenters. The second-order valence-electron chi connectivity index (χ2n) is 5.95. The maximum Gasteiger partial charge on any atom is 0.266 e. The molecule has 28 heavy (non-hydrogen) atoms. The minimum Gasteiger partial charge on any atom is -0.484 e. The first-order valence-corrected chi connectivity index (χ1v) is 9.65. The number of hydrogen-bond acceptors (Lipinski definition) is 7. The second-order valence-corrected chi connectivity index (χ2v) is 6.99. The minimum atomic E-state index is -0.166. The molecule has 2 heterocycles. The van der Waals surface area contributed by atoms with Gasteiger partial charge in [-0.05, 0) is 31.2 Å². The van der Waals surface area contributed by atoms with Gasteiger partial charge in [0.2, 0.25) is 5.13 Å². The molecule has 0 aliphatic rings. The van der Waals surface area contributed by atoms with Crippen LogP contribution in [0.25, 0.3) is 11.0 Å². The molecule has 2 aromatic carbocycles. The number of nitrogens with zero attached hydrogens (tertiary/aromatic N) is 6. The smallest absolute Gasteiger partial charge is 0.266 e. The van der Waals surface area contributed by atoms with Gasteiger partial charge in [0.1, 0.15) is 16.3 Å². The van der Waals surface area contributed by atoms with Crippen LogP contribution in [0.3, 0.4) is 0 Å². The lowest BCUT2D eigenvalue weighted by Crippen LogP contribution is -2.34. The van der Waals surface area contributed by atoms with Crippen molar-refractivity contribution in [1.29, 1.82) is 0 Å². The zero-order chi connectivity index (χ0) is 19.3. The van der Waals surface area contributed by atoms with E-state index in [1.165, 1.54) is 11.3 Å². The Morgan fingerprint density at radius 1 is 1.07 bits per heavy atom. The molecule has 0 radical (unpaired) electrons. The fourth-order valence-corrected chi connectivity index (χ4v) is 3.64. The van der Waals surface area contributed by atoms with E-state index < -0.39 is 0 Å². The van der Waals surface area contributed by atoms with Crippen molar-refractivity contribution in [3.63, 3.8) is 0 Å². The van der Waals surface area contributed by atoms with Gasteiger partial charge < -0.3 is 4.74 Å². The standard InChI is InChI=1S/C19H18N6O2S/c1-2-24(18(26)13-27-14-8-4-3-5-9-14)19-22-21-17(28-19)12-25-16-11-7-6-10-15(16)20-23-25/h3-11H,2,12-13H2,1H3. The van der Waals surface area contributed by atoms with Crippen molar-refractivity contribution in [2.45, 2.75) is 13.5 Å². The van der Waals surface area contributed by atoms with Crippen molar-refractivity contribution in [3.8, 4) is 5.75 Å². The summed E-state index contributed by atoms with van der Waals surface area (Å²) >= 11 is 1.36. The third-order valence-corrected chi connectivity index (χ3v) is 5.05. The molecule has 9 heteroatoms. The van der Waals surface area contributed by atoms with Crippen molar-refractivity contribution >= 4 is 33.4 Å². The molecule has 2 aromatic heterocycles. The highest BCUT2D eigenvalue weighted by Gasteiger charge is 2.19. The number of likely N-dealkylation sites (N-methyl/N-ethyl adjacent to an activating group) is 1. The SMILES string of the molecule is CCN(C(=O)COc1ccccc1)c1nnc(Cn2nnc3ccccc32)s1. The Bertz CT molecular complexity index is 1080. The molecule has 4 rings (SSSR count). The number of fused-ring (bicyclic) bond motifs is 1. The van der Waals surface area contributed by atoms with Gasteiger partial charge in [-0.15, -0.1) is 15.3 Å². The summed E-state index contributed by atoms with van der Waals surface area (Å²) in [4.78, 5) is 14.1. The molecule has 0 aliphatic carbocycles. The largest absolute Gasteiger partial charge is 0.484 e. The van der Waals surface area contributed by atoms with Crippen LogP contribution in [0.15, 0.2) is 54.6 Å². The number of para-hydroxylation sites is 2. The molecule has 1 amide bonds. The van der Waals surface area contributed by atoms with E-state index in [2.05, 4.69) is 20.5 Å². The van der Waals surface area contributed by atoms with Crippen molar-refractivity contribution in [2.24, 2.45) is 0 Å². The number of hydrogen-bond donors (Lipinski definition) is 0. The van der Waals surface area contributed by atoms with Crippen molar-refractivity contribution in [3.05, 3.63) is 59.6 Å². The van der Waals surface area contributed by atoms with E-state index in [1.807, 2.05) is 61.5 Å². The van der Waals surface area contributed by atoms with Crippen LogP contribution < -0.4 is 9.64 Å². The number of carbonyl (C=O) groups excluding carboxylic acids is 1. The summed E-state index contributed by atoms with van der Waals surface area (Å²) in [6.45, 7) is 2.77. The number of amides is 1. The number of carbonyl (C=O) groups is 1. The summed E-state index contributed by atoms with van der Waals surface area (Å²) in [7, 11) is 0. The minimum absolute atomic E-state index is 0.0551. The quantitative estimate of drug-likeness (QED) is 0.479. The van der Waals surface area contributed by atoms with Crippen LogP contribution in [0.5, 0.6) is 5.75 Å². The summed E-state index contributed by atoms with van der Waals surface area (Å²) in [5, 5.41) is 18.0. The molecule has 0 bridgehead atoms. The molecular weight excluding hydrogens is 376 g/mol. The summed E-state index contributed by atoms with van der Waals surface area (Å²) in [6, 6.07) is 17.0. The summed E-state index contributed by atoms with van der Waals surface area (Å²) in [5.41, 5.74) is 1.76. The Hall–Kier alpha value is -3.33. The zero-order valence-corrected chi connectivity index (χ0v) is 16.0. The van der Waals surface area contributed by atoms with Crippen LogP contribution in [0.1, 0.15) is 11.9 Å². The van der Waals surface area contributed by atoms with Gasteiger partial charge in [0.25, 0.3) is 5.91 Å². The molecule has 0 saturated heterocycles. The van der Waals surface area contributed by atoms with E-state index in [1.54, 1.807) is 9.58 Å². The molecule has 8 nitrogen and oxygen atoms in total. The Balaban J connectivity index is 1.45. The average molecular weight is 394 g/mol. The van der Waals surface area contributed by atoms with E-state index >= 15 is 0 Å². The van der Waals surface area contributed by atoms with E-state index in [0.717, 1.165) is 16.0 Å². The average Bonchev–Trinajstić information content (AvgIpc) is 3.36. The fourth-order valence-electron chi connectivity index (χ4n) is 2.74. The Morgan fingerprint density at radius 3 is 2.68 bits per heavy atom. The summed E-state index contributed by atoms with van der Waals surface area (Å²) in [5.74, 6) is 0.489. The monoisotopic (exact) mass is 394 g/mol.